The summed E-state index contributed by atoms with van der Waals surface area (Å²) in [4.78, 5) is 20.5. The quantitative estimate of drug-likeness (QED) is 0.459. The molecule has 2 aliphatic heterocycles. The Hall–Kier alpha value is -2.95. The van der Waals surface area contributed by atoms with Crippen LogP contribution < -0.4 is 9.47 Å². The number of thiophene rings is 1. The number of fused-ring (bicyclic) bond motifs is 1. The molecule has 0 radical (unpaired) electrons. The summed E-state index contributed by atoms with van der Waals surface area (Å²) in [6.07, 6.45) is 0.876. The van der Waals surface area contributed by atoms with Gasteiger partial charge in [0.1, 0.15) is 0 Å². The van der Waals surface area contributed by atoms with Gasteiger partial charge in [0.25, 0.3) is 5.89 Å². The summed E-state index contributed by atoms with van der Waals surface area (Å²) in [5, 5.41) is 10.3. The summed E-state index contributed by atoms with van der Waals surface area (Å²) < 4.78 is 16.7. The number of benzene rings is 1. The van der Waals surface area contributed by atoms with Gasteiger partial charge in [-0.25, -0.2) is 0 Å². The molecule has 0 saturated carbocycles. The summed E-state index contributed by atoms with van der Waals surface area (Å²) in [6.45, 7) is 8.21. The fourth-order valence-corrected chi connectivity index (χ4v) is 4.88. The fraction of sp³-hybridized carbons (Fsp3) is 0.458. The normalized spacial score (nSPS) is 16.1. The molecule has 1 saturated heterocycles. The number of ether oxygens (including phenoxy) is 2. The maximum Gasteiger partial charge on any atom is 0.257 e. The van der Waals surface area contributed by atoms with E-state index in [4.69, 9.17) is 13.9 Å². The molecule has 0 aliphatic carbocycles. The average Bonchev–Trinajstić information content (AvgIpc) is 3.61. The van der Waals surface area contributed by atoms with Crippen LogP contribution in [0, 0.1) is 0 Å². The van der Waals surface area contributed by atoms with Crippen molar-refractivity contribution < 1.29 is 18.7 Å². The minimum atomic E-state index is 0.0990. The molecule has 2 aliphatic rings. The fourth-order valence-electron chi connectivity index (χ4n) is 4.24. The van der Waals surface area contributed by atoms with E-state index in [1.807, 2.05) is 28.5 Å². The molecule has 4 heterocycles. The zero-order valence-corrected chi connectivity index (χ0v) is 20.1. The van der Waals surface area contributed by atoms with Crippen LogP contribution in [-0.4, -0.2) is 76.9 Å². The van der Waals surface area contributed by atoms with E-state index >= 15 is 0 Å². The molecule has 1 fully saturated rings. The maximum absolute atomic E-state index is 13.1. The maximum atomic E-state index is 13.1. The second-order valence-electron chi connectivity index (χ2n) is 8.53. The molecule has 0 N–H and O–H groups in total. The smallest absolute Gasteiger partial charge is 0.257 e. The lowest BCUT2D eigenvalue weighted by molar-refractivity contribution is -0.133. The van der Waals surface area contributed by atoms with Gasteiger partial charge >= 0.3 is 0 Å². The lowest BCUT2D eigenvalue weighted by atomic mass is 10.1. The molecule has 0 bridgehead atoms. The SMILES string of the molecule is CCCN(Cc1nnc(-c2cccs2)o1)C(=O)CN1CCN(Cc2ccc3c(c2)OCO3)CC1. The van der Waals surface area contributed by atoms with E-state index < -0.39 is 0 Å². The van der Waals surface area contributed by atoms with E-state index in [-0.39, 0.29) is 5.91 Å². The predicted molar refractivity (Wildman–Crippen MR) is 128 cm³/mol. The largest absolute Gasteiger partial charge is 0.454 e. The van der Waals surface area contributed by atoms with Crippen LogP contribution in [0.5, 0.6) is 11.5 Å². The minimum absolute atomic E-state index is 0.0990. The molecule has 9 nitrogen and oxygen atoms in total. The zero-order valence-electron chi connectivity index (χ0n) is 19.3. The summed E-state index contributed by atoms with van der Waals surface area (Å²) >= 11 is 1.55. The third kappa shape index (κ3) is 5.40. The molecule has 5 rings (SSSR count). The Morgan fingerprint density at radius 3 is 2.71 bits per heavy atom. The molecule has 2 aromatic heterocycles. The molecular formula is C24H29N5O4S. The van der Waals surface area contributed by atoms with Crippen LogP contribution in [0.1, 0.15) is 24.8 Å². The van der Waals surface area contributed by atoms with E-state index in [2.05, 4.69) is 39.1 Å². The van der Waals surface area contributed by atoms with Gasteiger partial charge in [-0.3, -0.25) is 14.6 Å². The minimum Gasteiger partial charge on any atom is -0.454 e. The Labute approximate surface area is 202 Å². The van der Waals surface area contributed by atoms with Gasteiger partial charge in [-0.05, 0) is 35.6 Å². The van der Waals surface area contributed by atoms with Gasteiger partial charge in [0, 0.05) is 39.3 Å². The van der Waals surface area contributed by atoms with Gasteiger partial charge in [-0.2, -0.15) is 0 Å². The number of hydrogen-bond acceptors (Lipinski definition) is 9. The first kappa shape index (κ1) is 22.8. The second-order valence-corrected chi connectivity index (χ2v) is 9.48. The van der Waals surface area contributed by atoms with Crippen molar-refractivity contribution in [3.8, 4) is 22.3 Å². The van der Waals surface area contributed by atoms with Crippen molar-refractivity contribution in [3.63, 3.8) is 0 Å². The lowest BCUT2D eigenvalue weighted by Gasteiger charge is -2.35. The Bertz CT molecular complexity index is 1090. The van der Waals surface area contributed by atoms with Crippen molar-refractivity contribution in [1.82, 2.24) is 24.9 Å². The molecule has 180 valence electrons. The monoisotopic (exact) mass is 483 g/mol. The van der Waals surface area contributed by atoms with Crippen molar-refractivity contribution >= 4 is 17.2 Å². The third-order valence-electron chi connectivity index (χ3n) is 6.04. The number of nitrogens with zero attached hydrogens (tertiary/aromatic N) is 5. The highest BCUT2D eigenvalue weighted by Crippen LogP contribution is 2.32. The number of hydrogen-bond donors (Lipinski definition) is 0. The lowest BCUT2D eigenvalue weighted by Crippen LogP contribution is -2.49. The van der Waals surface area contributed by atoms with Crippen LogP contribution in [0.2, 0.25) is 0 Å². The molecular weight excluding hydrogens is 454 g/mol. The highest BCUT2D eigenvalue weighted by Gasteiger charge is 2.24. The van der Waals surface area contributed by atoms with Crippen LogP contribution in [0.3, 0.4) is 0 Å². The van der Waals surface area contributed by atoms with E-state index in [0.29, 0.717) is 38.2 Å². The van der Waals surface area contributed by atoms with Crippen molar-refractivity contribution in [3.05, 3.63) is 47.2 Å². The van der Waals surface area contributed by atoms with Crippen molar-refractivity contribution in [2.75, 3.05) is 46.1 Å². The van der Waals surface area contributed by atoms with Gasteiger partial charge in [0.15, 0.2) is 11.5 Å². The van der Waals surface area contributed by atoms with Crippen LogP contribution in [-0.2, 0) is 17.9 Å². The van der Waals surface area contributed by atoms with Crippen LogP contribution in [0.25, 0.3) is 10.8 Å². The van der Waals surface area contributed by atoms with E-state index in [0.717, 1.165) is 55.5 Å². The zero-order chi connectivity index (χ0) is 23.3. The number of amides is 1. The number of aromatic nitrogens is 2. The molecule has 0 unspecified atom stereocenters. The molecule has 1 amide bonds. The number of rotatable bonds is 9. The van der Waals surface area contributed by atoms with Crippen LogP contribution in [0.4, 0.5) is 0 Å². The van der Waals surface area contributed by atoms with Crippen molar-refractivity contribution in [2.45, 2.75) is 26.4 Å². The Kier molecular flexibility index (Phi) is 7.08. The highest BCUT2D eigenvalue weighted by atomic mass is 32.1. The standard InChI is InChI=1S/C24H29N5O4S/c1-2-7-29(15-22-25-26-24(33-22)21-4-3-12-34-21)23(30)16-28-10-8-27(9-11-28)14-18-5-6-19-20(13-18)32-17-31-19/h3-6,12-13H,2,7-11,14-17H2,1H3. The van der Waals surface area contributed by atoms with E-state index in [9.17, 15) is 4.79 Å². The second kappa shape index (κ2) is 10.5. The first-order valence-corrected chi connectivity index (χ1v) is 12.5. The van der Waals surface area contributed by atoms with E-state index in [1.165, 1.54) is 5.56 Å². The molecule has 3 aromatic rings. The van der Waals surface area contributed by atoms with Crippen molar-refractivity contribution in [2.24, 2.45) is 0 Å². The Morgan fingerprint density at radius 1 is 1.09 bits per heavy atom. The number of piperazine rings is 1. The number of carbonyl (C=O) groups excluding carboxylic acids is 1. The Balaban J connectivity index is 1.11. The van der Waals surface area contributed by atoms with Crippen LogP contribution in [0.15, 0.2) is 40.1 Å². The van der Waals surface area contributed by atoms with Gasteiger partial charge in [-0.15, -0.1) is 21.5 Å². The van der Waals surface area contributed by atoms with Gasteiger partial charge in [0.05, 0.1) is 18.0 Å². The van der Waals surface area contributed by atoms with E-state index in [1.54, 1.807) is 11.3 Å². The van der Waals surface area contributed by atoms with Gasteiger partial charge in [0.2, 0.25) is 18.6 Å². The van der Waals surface area contributed by atoms with Gasteiger partial charge in [-0.1, -0.05) is 19.1 Å². The molecule has 34 heavy (non-hydrogen) atoms. The third-order valence-corrected chi connectivity index (χ3v) is 6.90. The first-order chi connectivity index (χ1) is 16.7. The summed E-state index contributed by atoms with van der Waals surface area (Å²) in [7, 11) is 0. The molecule has 0 atom stereocenters. The first-order valence-electron chi connectivity index (χ1n) is 11.6. The van der Waals surface area contributed by atoms with Crippen molar-refractivity contribution in [1.29, 1.82) is 0 Å². The average molecular weight is 484 g/mol. The topological polar surface area (TPSA) is 84.2 Å². The number of carbonyl (C=O) groups is 1. The summed E-state index contributed by atoms with van der Waals surface area (Å²) in [5.74, 6) is 2.71. The predicted octanol–water partition coefficient (Wildman–Crippen LogP) is 3.08. The molecule has 1 aromatic carbocycles. The summed E-state index contributed by atoms with van der Waals surface area (Å²) in [6, 6.07) is 10.0. The molecule has 0 spiro atoms. The molecule has 10 heteroatoms. The van der Waals surface area contributed by atoms with Crippen LogP contribution >= 0.6 is 11.3 Å². The highest BCUT2D eigenvalue weighted by molar-refractivity contribution is 7.13. The Morgan fingerprint density at radius 2 is 1.91 bits per heavy atom. The summed E-state index contributed by atoms with van der Waals surface area (Å²) in [5.41, 5.74) is 1.21. The van der Waals surface area contributed by atoms with Gasteiger partial charge < -0.3 is 18.8 Å².